The molecule has 0 amide bonds. The molecule has 17 heavy (non-hydrogen) atoms. The summed E-state index contributed by atoms with van der Waals surface area (Å²) in [5.41, 5.74) is 6.95. The average molecular weight is 359 g/mol. The first-order valence-electron chi connectivity index (χ1n) is 5.56. The molecule has 0 spiro atoms. The molecule has 3 nitrogen and oxygen atoms in total. The SMILES string of the molecule is CCc1ccc(-c2nc(N)c(I)c(CC)n2)s1. The summed E-state index contributed by atoms with van der Waals surface area (Å²) in [4.78, 5) is 11.4. The highest BCUT2D eigenvalue weighted by atomic mass is 127. The maximum atomic E-state index is 5.92. The zero-order valence-electron chi connectivity index (χ0n) is 9.83. The van der Waals surface area contributed by atoms with E-state index in [1.165, 1.54) is 4.88 Å². The highest BCUT2D eigenvalue weighted by molar-refractivity contribution is 14.1. The number of thiophene rings is 1. The van der Waals surface area contributed by atoms with Crippen molar-refractivity contribution in [3.05, 3.63) is 26.3 Å². The molecule has 2 N–H and O–H groups in total. The van der Waals surface area contributed by atoms with Crippen LogP contribution in [0.5, 0.6) is 0 Å². The van der Waals surface area contributed by atoms with Gasteiger partial charge in [-0.05, 0) is 47.6 Å². The van der Waals surface area contributed by atoms with Gasteiger partial charge in [-0.3, -0.25) is 0 Å². The largest absolute Gasteiger partial charge is 0.383 e. The van der Waals surface area contributed by atoms with Gasteiger partial charge in [0.2, 0.25) is 0 Å². The summed E-state index contributed by atoms with van der Waals surface area (Å²) < 4.78 is 0.973. The summed E-state index contributed by atoms with van der Waals surface area (Å²) in [6.45, 7) is 4.23. The lowest BCUT2D eigenvalue weighted by Gasteiger charge is -2.05. The molecule has 5 heteroatoms. The Bertz CT molecular complexity index is 537. The van der Waals surface area contributed by atoms with Crippen molar-refractivity contribution in [1.82, 2.24) is 9.97 Å². The normalized spacial score (nSPS) is 10.8. The number of aromatic nitrogens is 2. The minimum atomic E-state index is 0.582. The lowest BCUT2D eigenvalue weighted by atomic mass is 10.3. The van der Waals surface area contributed by atoms with Gasteiger partial charge in [0.1, 0.15) is 5.82 Å². The van der Waals surface area contributed by atoms with Crippen LogP contribution in [0.1, 0.15) is 24.4 Å². The summed E-state index contributed by atoms with van der Waals surface area (Å²) >= 11 is 3.94. The molecule has 0 unspecified atom stereocenters. The number of hydrogen-bond donors (Lipinski definition) is 1. The fraction of sp³-hybridized carbons (Fsp3) is 0.333. The molecule has 0 saturated heterocycles. The minimum absolute atomic E-state index is 0.582. The predicted molar refractivity (Wildman–Crippen MR) is 81.2 cm³/mol. The molecule has 0 atom stereocenters. The third-order valence-electron chi connectivity index (χ3n) is 2.51. The van der Waals surface area contributed by atoms with E-state index in [2.05, 4.69) is 58.5 Å². The van der Waals surface area contributed by atoms with Crippen molar-refractivity contribution in [3.8, 4) is 10.7 Å². The summed E-state index contributed by atoms with van der Waals surface area (Å²) in [5, 5.41) is 0. The molecule has 0 aromatic carbocycles. The van der Waals surface area contributed by atoms with Gasteiger partial charge in [0.25, 0.3) is 0 Å². The number of hydrogen-bond acceptors (Lipinski definition) is 4. The zero-order valence-corrected chi connectivity index (χ0v) is 12.8. The third-order valence-corrected chi connectivity index (χ3v) is 4.91. The highest BCUT2D eigenvalue weighted by Crippen LogP contribution is 2.28. The van der Waals surface area contributed by atoms with Crippen molar-refractivity contribution in [3.63, 3.8) is 0 Å². The van der Waals surface area contributed by atoms with Gasteiger partial charge in [0, 0.05) is 4.88 Å². The molecule has 2 rings (SSSR count). The van der Waals surface area contributed by atoms with Crippen LogP contribution < -0.4 is 5.73 Å². The van der Waals surface area contributed by atoms with Gasteiger partial charge in [-0.15, -0.1) is 11.3 Å². The molecule has 0 aliphatic heterocycles. The van der Waals surface area contributed by atoms with Gasteiger partial charge in [0.15, 0.2) is 5.82 Å². The van der Waals surface area contributed by atoms with Crippen LogP contribution in [0.2, 0.25) is 0 Å². The van der Waals surface area contributed by atoms with E-state index >= 15 is 0 Å². The molecule has 0 radical (unpaired) electrons. The van der Waals surface area contributed by atoms with E-state index < -0.39 is 0 Å². The van der Waals surface area contributed by atoms with Crippen molar-refractivity contribution in [2.45, 2.75) is 26.7 Å². The number of anilines is 1. The third kappa shape index (κ3) is 2.60. The molecule has 2 aromatic heterocycles. The standard InChI is InChI=1S/C12H14IN3S/c1-3-7-5-6-9(17-7)12-15-8(4-2)10(13)11(14)16-12/h5-6H,3-4H2,1-2H3,(H2,14,15,16). The summed E-state index contributed by atoms with van der Waals surface area (Å²) in [5.74, 6) is 1.34. The van der Waals surface area contributed by atoms with Gasteiger partial charge >= 0.3 is 0 Å². The van der Waals surface area contributed by atoms with E-state index in [4.69, 9.17) is 5.73 Å². The van der Waals surface area contributed by atoms with E-state index in [1.54, 1.807) is 11.3 Å². The zero-order chi connectivity index (χ0) is 12.4. The average Bonchev–Trinajstić information content (AvgIpc) is 2.81. The van der Waals surface area contributed by atoms with Crippen LogP contribution in [0.4, 0.5) is 5.82 Å². The van der Waals surface area contributed by atoms with Crippen LogP contribution >= 0.6 is 33.9 Å². The summed E-state index contributed by atoms with van der Waals surface area (Å²) in [7, 11) is 0. The van der Waals surface area contributed by atoms with Crippen LogP contribution in [0.3, 0.4) is 0 Å². The molecule has 0 fully saturated rings. The van der Waals surface area contributed by atoms with Crippen LogP contribution in [-0.2, 0) is 12.8 Å². The summed E-state index contributed by atoms with van der Waals surface area (Å²) in [6, 6.07) is 4.20. The molecule has 90 valence electrons. The maximum absolute atomic E-state index is 5.92. The number of nitrogens with two attached hydrogens (primary N) is 1. The Hall–Kier alpha value is -0.690. The molecule has 2 aromatic rings. The van der Waals surface area contributed by atoms with Crippen molar-refractivity contribution in [2.75, 3.05) is 5.73 Å². The Balaban J connectivity index is 2.48. The first-order chi connectivity index (χ1) is 8.15. The molecule has 0 saturated carbocycles. The Morgan fingerprint density at radius 2 is 2.00 bits per heavy atom. The fourth-order valence-corrected chi connectivity index (χ4v) is 3.05. The molecule has 2 heterocycles. The van der Waals surface area contributed by atoms with E-state index in [-0.39, 0.29) is 0 Å². The van der Waals surface area contributed by atoms with E-state index in [1.807, 2.05) is 0 Å². The Morgan fingerprint density at radius 1 is 1.24 bits per heavy atom. The molecular formula is C12H14IN3S. The fourth-order valence-electron chi connectivity index (χ4n) is 1.55. The number of aryl methyl sites for hydroxylation is 2. The van der Waals surface area contributed by atoms with Crippen molar-refractivity contribution < 1.29 is 0 Å². The van der Waals surface area contributed by atoms with Gasteiger partial charge in [-0.2, -0.15) is 0 Å². The lowest BCUT2D eigenvalue weighted by molar-refractivity contribution is 0.996. The Morgan fingerprint density at radius 3 is 2.59 bits per heavy atom. The predicted octanol–water partition coefficient (Wildman–Crippen LogP) is 3.52. The van der Waals surface area contributed by atoms with Crippen molar-refractivity contribution >= 4 is 39.7 Å². The second kappa shape index (κ2) is 5.30. The second-order valence-corrected chi connectivity index (χ2v) is 5.91. The maximum Gasteiger partial charge on any atom is 0.171 e. The van der Waals surface area contributed by atoms with E-state index in [9.17, 15) is 0 Å². The van der Waals surface area contributed by atoms with Gasteiger partial charge in [-0.25, -0.2) is 9.97 Å². The minimum Gasteiger partial charge on any atom is -0.383 e. The Labute approximate surface area is 119 Å². The number of nitrogens with zero attached hydrogens (tertiary/aromatic N) is 2. The monoisotopic (exact) mass is 359 g/mol. The van der Waals surface area contributed by atoms with E-state index in [0.29, 0.717) is 5.82 Å². The van der Waals surface area contributed by atoms with Crippen LogP contribution in [0, 0.1) is 3.57 Å². The Kier molecular flexibility index (Phi) is 3.98. The number of nitrogen functional groups attached to an aromatic ring is 1. The highest BCUT2D eigenvalue weighted by Gasteiger charge is 2.11. The number of halogens is 1. The topological polar surface area (TPSA) is 51.8 Å². The molecule has 0 bridgehead atoms. The van der Waals surface area contributed by atoms with Gasteiger partial charge < -0.3 is 5.73 Å². The van der Waals surface area contributed by atoms with Crippen LogP contribution in [0.25, 0.3) is 10.7 Å². The number of rotatable bonds is 3. The first-order valence-corrected chi connectivity index (χ1v) is 7.46. The van der Waals surface area contributed by atoms with Crippen molar-refractivity contribution in [1.29, 1.82) is 0 Å². The summed E-state index contributed by atoms with van der Waals surface area (Å²) in [6.07, 6.45) is 1.93. The van der Waals surface area contributed by atoms with Crippen LogP contribution in [-0.4, -0.2) is 9.97 Å². The molecule has 0 aliphatic carbocycles. The molecule has 0 aliphatic rings. The van der Waals surface area contributed by atoms with Crippen molar-refractivity contribution in [2.24, 2.45) is 0 Å². The van der Waals surface area contributed by atoms with Gasteiger partial charge in [0.05, 0.1) is 14.1 Å². The van der Waals surface area contributed by atoms with Crippen LogP contribution in [0.15, 0.2) is 12.1 Å². The molecular weight excluding hydrogens is 345 g/mol. The van der Waals surface area contributed by atoms with Gasteiger partial charge in [-0.1, -0.05) is 13.8 Å². The van der Waals surface area contributed by atoms with E-state index in [0.717, 1.165) is 32.8 Å². The second-order valence-electron chi connectivity index (χ2n) is 3.67. The lowest BCUT2D eigenvalue weighted by Crippen LogP contribution is -2.03. The quantitative estimate of drug-likeness (QED) is 0.854. The smallest absolute Gasteiger partial charge is 0.171 e. The first kappa shape index (κ1) is 12.8.